The second-order valence-electron chi connectivity index (χ2n) is 4.30. The fourth-order valence-corrected chi connectivity index (χ4v) is 2.67. The molecule has 0 fully saturated rings. The van der Waals surface area contributed by atoms with Gasteiger partial charge in [-0.1, -0.05) is 23.2 Å². The molecule has 0 bridgehead atoms. The first-order valence-corrected chi connectivity index (χ1v) is 7.94. The highest BCUT2D eigenvalue weighted by atomic mass is 35.5. The molecule has 0 saturated carbocycles. The summed E-state index contributed by atoms with van der Waals surface area (Å²) in [6.07, 6.45) is 1.57. The Morgan fingerprint density at radius 1 is 1.29 bits per heavy atom. The molecule has 9 heteroatoms. The Morgan fingerprint density at radius 2 is 1.95 bits per heavy atom. The van der Waals surface area contributed by atoms with Gasteiger partial charge in [0.05, 0.1) is 20.6 Å². The standard InChI is InChI=1S/C12H11Cl2N3O3S/c1-17-6-7(13)4-11(17)12(18)16-10-5-8(21(15,19)20)2-3-9(10)14/h2-6H,1H3,(H,16,18)(H2,15,19,20). The summed E-state index contributed by atoms with van der Waals surface area (Å²) in [7, 11) is -2.23. The molecule has 1 amide bonds. The van der Waals surface area contributed by atoms with Crippen LogP contribution in [0.3, 0.4) is 0 Å². The highest BCUT2D eigenvalue weighted by molar-refractivity contribution is 7.89. The van der Waals surface area contributed by atoms with Crippen molar-refractivity contribution >= 4 is 44.8 Å². The van der Waals surface area contributed by atoms with Gasteiger partial charge in [-0.25, -0.2) is 13.6 Å². The van der Waals surface area contributed by atoms with Crippen LogP contribution in [-0.2, 0) is 17.1 Å². The maximum absolute atomic E-state index is 12.1. The molecule has 0 aliphatic carbocycles. The average Bonchev–Trinajstić information content (AvgIpc) is 2.70. The van der Waals surface area contributed by atoms with Gasteiger partial charge in [0.15, 0.2) is 0 Å². The number of aromatic nitrogens is 1. The van der Waals surface area contributed by atoms with Crippen LogP contribution in [-0.4, -0.2) is 18.9 Å². The Morgan fingerprint density at radius 3 is 2.48 bits per heavy atom. The Balaban J connectivity index is 2.35. The van der Waals surface area contributed by atoms with E-state index in [0.717, 1.165) is 0 Å². The van der Waals surface area contributed by atoms with E-state index in [-0.39, 0.29) is 15.6 Å². The van der Waals surface area contributed by atoms with Crippen LogP contribution in [0.2, 0.25) is 10.0 Å². The number of sulfonamides is 1. The van der Waals surface area contributed by atoms with E-state index >= 15 is 0 Å². The molecule has 2 aromatic rings. The summed E-state index contributed by atoms with van der Waals surface area (Å²) in [5.74, 6) is -0.474. The summed E-state index contributed by atoms with van der Waals surface area (Å²) >= 11 is 11.7. The van der Waals surface area contributed by atoms with Gasteiger partial charge in [-0.15, -0.1) is 0 Å². The van der Waals surface area contributed by atoms with Gasteiger partial charge in [0, 0.05) is 13.2 Å². The maximum atomic E-state index is 12.1. The molecule has 2 rings (SSSR count). The topological polar surface area (TPSA) is 94.2 Å². The molecule has 112 valence electrons. The highest BCUT2D eigenvalue weighted by Gasteiger charge is 2.15. The van der Waals surface area contributed by atoms with Crippen molar-refractivity contribution in [3.63, 3.8) is 0 Å². The summed E-state index contributed by atoms with van der Waals surface area (Å²) in [6, 6.07) is 5.27. The van der Waals surface area contributed by atoms with Crippen molar-refractivity contribution in [3.05, 3.63) is 46.2 Å². The van der Waals surface area contributed by atoms with Gasteiger partial charge in [-0.3, -0.25) is 4.79 Å². The number of nitrogens with two attached hydrogens (primary N) is 1. The molecule has 0 radical (unpaired) electrons. The van der Waals surface area contributed by atoms with Gasteiger partial charge >= 0.3 is 0 Å². The Kier molecular flexibility index (Phi) is 4.29. The van der Waals surface area contributed by atoms with Crippen LogP contribution in [0, 0.1) is 0 Å². The molecule has 1 aromatic heterocycles. The number of nitrogens with one attached hydrogen (secondary N) is 1. The van der Waals surface area contributed by atoms with E-state index in [4.69, 9.17) is 28.3 Å². The lowest BCUT2D eigenvalue weighted by atomic mass is 10.3. The Hall–Kier alpha value is -1.54. The monoisotopic (exact) mass is 347 g/mol. The fraction of sp³-hybridized carbons (Fsp3) is 0.0833. The largest absolute Gasteiger partial charge is 0.345 e. The van der Waals surface area contributed by atoms with E-state index in [0.29, 0.717) is 10.7 Å². The SMILES string of the molecule is Cn1cc(Cl)cc1C(=O)Nc1cc(S(N)(=O)=O)ccc1Cl. The van der Waals surface area contributed by atoms with Crippen molar-refractivity contribution in [3.8, 4) is 0 Å². The summed E-state index contributed by atoms with van der Waals surface area (Å²) in [6.45, 7) is 0. The Labute approximate surface area is 131 Å². The zero-order valence-electron chi connectivity index (χ0n) is 10.8. The summed E-state index contributed by atoms with van der Waals surface area (Å²) < 4.78 is 24.2. The van der Waals surface area contributed by atoms with Crippen LogP contribution in [0.4, 0.5) is 5.69 Å². The number of nitrogens with zero attached hydrogens (tertiary/aromatic N) is 1. The normalized spacial score (nSPS) is 11.4. The second kappa shape index (κ2) is 5.69. The number of carbonyl (C=O) groups excluding carboxylic acids is 1. The molecule has 0 atom stereocenters. The molecule has 21 heavy (non-hydrogen) atoms. The number of benzene rings is 1. The molecule has 0 aliphatic heterocycles. The van der Waals surface area contributed by atoms with E-state index in [1.165, 1.54) is 28.8 Å². The average molecular weight is 348 g/mol. The van der Waals surface area contributed by atoms with Gasteiger partial charge < -0.3 is 9.88 Å². The predicted octanol–water partition coefficient (Wildman–Crippen LogP) is 2.23. The lowest BCUT2D eigenvalue weighted by molar-refractivity contribution is 0.101. The number of aryl methyl sites for hydroxylation is 1. The van der Waals surface area contributed by atoms with Crippen LogP contribution >= 0.6 is 23.2 Å². The van der Waals surface area contributed by atoms with Crippen molar-refractivity contribution in [1.82, 2.24) is 4.57 Å². The molecule has 1 aromatic carbocycles. The molecule has 0 aliphatic rings. The van der Waals surface area contributed by atoms with E-state index in [1.54, 1.807) is 13.2 Å². The van der Waals surface area contributed by atoms with Crippen LogP contribution in [0.1, 0.15) is 10.5 Å². The number of halogens is 2. The van der Waals surface area contributed by atoms with E-state index < -0.39 is 15.9 Å². The number of anilines is 1. The Bertz CT molecular complexity index is 815. The number of rotatable bonds is 3. The van der Waals surface area contributed by atoms with Crippen LogP contribution < -0.4 is 10.5 Å². The molecule has 0 unspecified atom stereocenters. The number of primary sulfonamides is 1. The van der Waals surface area contributed by atoms with Crippen molar-refractivity contribution in [2.45, 2.75) is 4.90 Å². The second-order valence-corrected chi connectivity index (χ2v) is 6.70. The van der Waals surface area contributed by atoms with Gasteiger partial charge in [0.1, 0.15) is 5.69 Å². The first-order valence-electron chi connectivity index (χ1n) is 5.64. The minimum Gasteiger partial charge on any atom is -0.345 e. The highest BCUT2D eigenvalue weighted by Crippen LogP contribution is 2.25. The quantitative estimate of drug-likeness (QED) is 0.891. The third kappa shape index (κ3) is 3.56. The minimum atomic E-state index is -3.88. The number of amides is 1. The summed E-state index contributed by atoms with van der Waals surface area (Å²) in [5, 5.41) is 8.16. The van der Waals surface area contributed by atoms with E-state index in [1.807, 2.05) is 0 Å². The summed E-state index contributed by atoms with van der Waals surface area (Å²) in [4.78, 5) is 12.0. The van der Waals surface area contributed by atoms with Gasteiger partial charge in [0.2, 0.25) is 10.0 Å². The number of carbonyl (C=O) groups is 1. The van der Waals surface area contributed by atoms with Crippen LogP contribution in [0.15, 0.2) is 35.4 Å². The first-order chi connectivity index (χ1) is 9.68. The maximum Gasteiger partial charge on any atom is 0.272 e. The van der Waals surface area contributed by atoms with E-state index in [9.17, 15) is 13.2 Å². The van der Waals surface area contributed by atoms with Gasteiger partial charge in [-0.05, 0) is 24.3 Å². The fourth-order valence-electron chi connectivity index (χ4n) is 1.71. The summed E-state index contributed by atoms with van der Waals surface area (Å²) in [5.41, 5.74) is 0.447. The number of hydrogen-bond acceptors (Lipinski definition) is 3. The zero-order chi connectivity index (χ0) is 15.8. The minimum absolute atomic E-state index is 0.144. The lowest BCUT2D eigenvalue weighted by Gasteiger charge is -2.09. The zero-order valence-corrected chi connectivity index (χ0v) is 13.1. The third-order valence-corrected chi connectivity index (χ3v) is 4.17. The first kappa shape index (κ1) is 15.8. The molecule has 1 heterocycles. The van der Waals surface area contributed by atoms with Crippen molar-refractivity contribution in [2.24, 2.45) is 12.2 Å². The lowest BCUT2D eigenvalue weighted by Crippen LogP contribution is -2.17. The number of hydrogen-bond donors (Lipinski definition) is 2. The molecule has 3 N–H and O–H groups in total. The van der Waals surface area contributed by atoms with Crippen molar-refractivity contribution < 1.29 is 13.2 Å². The molecule has 0 saturated heterocycles. The third-order valence-electron chi connectivity index (χ3n) is 2.72. The van der Waals surface area contributed by atoms with Crippen LogP contribution in [0.5, 0.6) is 0 Å². The van der Waals surface area contributed by atoms with Crippen molar-refractivity contribution in [2.75, 3.05) is 5.32 Å². The van der Waals surface area contributed by atoms with Gasteiger partial charge in [0.25, 0.3) is 5.91 Å². The van der Waals surface area contributed by atoms with Crippen molar-refractivity contribution in [1.29, 1.82) is 0 Å². The molecular weight excluding hydrogens is 337 g/mol. The molecule has 6 nitrogen and oxygen atoms in total. The van der Waals surface area contributed by atoms with Gasteiger partial charge in [-0.2, -0.15) is 0 Å². The van der Waals surface area contributed by atoms with Crippen LogP contribution in [0.25, 0.3) is 0 Å². The smallest absolute Gasteiger partial charge is 0.272 e. The predicted molar refractivity (Wildman–Crippen MR) is 81.2 cm³/mol. The molecule has 0 spiro atoms. The van der Waals surface area contributed by atoms with E-state index in [2.05, 4.69) is 5.32 Å². The molecular formula is C12H11Cl2N3O3S.